The summed E-state index contributed by atoms with van der Waals surface area (Å²) in [4.78, 5) is 0. The maximum absolute atomic E-state index is 8.31. The van der Waals surface area contributed by atoms with Gasteiger partial charge < -0.3 is 10.2 Å². The fourth-order valence-corrected chi connectivity index (χ4v) is 1.26. The topological polar surface area (TPSA) is 40.5 Å². The van der Waals surface area contributed by atoms with Crippen molar-refractivity contribution < 1.29 is 10.2 Å². The van der Waals surface area contributed by atoms with E-state index < -0.39 is 15.1 Å². The van der Waals surface area contributed by atoms with Gasteiger partial charge in [0, 0.05) is 8.80 Å². The lowest BCUT2D eigenvalue weighted by molar-refractivity contribution is -0.0231. The molecule has 0 radical (unpaired) electrons. The molecule has 2 nitrogen and oxygen atoms in total. The molecule has 0 aromatic carbocycles. The first kappa shape index (κ1) is 7.14. The maximum Gasteiger partial charge on any atom is 0.148 e. The highest BCUT2D eigenvalue weighted by molar-refractivity contribution is 6.55. The van der Waals surface area contributed by atoms with E-state index >= 15 is 0 Å². The van der Waals surface area contributed by atoms with Crippen molar-refractivity contribution in [2.75, 3.05) is 0 Å². The minimum absolute atomic E-state index is 0.611. The van der Waals surface area contributed by atoms with Crippen LogP contribution in [-0.2, 0) is 0 Å². The van der Waals surface area contributed by atoms with Gasteiger partial charge in [0.2, 0.25) is 0 Å². The van der Waals surface area contributed by atoms with Crippen LogP contribution in [0.4, 0.5) is 0 Å². The van der Waals surface area contributed by atoms with E-state index in [1.807, 2.05) is 0 Å². The quantitative estimate of drug-likeness (QED) is 0.391. The molecule has 0 aliphatic carbocycles. The second kappa shape index (κ2) is 3.18. The van der Waals surface area contributed by atoms with Crippen LogP contribution in [0.1, 0.15) is 0 Å². The molecule has 0 aliphatic heterocycles. The minimum Gasteiger partial charge on any atom is -0.368 e. The standard InChI is InChI=1S/C4H12O2Si/c1-7(2)3-4(5)6/h4-7H,3H2,1-2H3. The molecular weight excluding hydrogens is 108 g/mol. The Hall–Kier alpha value is 0.137. The minimum atomic E-state index is -1.06. The van der Waals surface area contributed by atoms with Gasteiger partial charge in [-0.2, -0.15) is 0 Å². The molecule has 0 saturated carbocycles. The average Bonchev–Trinajstić information content (AvgIpc) is 1.27. The first-order chi connectivity index (χ1) is 3.13. The summed E-state index contributed by atoms with van der Waals surface area (Å²) in [5.41, 5.74) is 0. The summed E-state index contributed by atoms with van der Waals surface area (Å²) in [7, 11) is -0.728. The first-order valence-corrected chi connectivity index (χ1v) is 5.61. The smallest absolute Gasteiger partial charge is 0.148 e. The van der Waals surface area contributed by atoms with Crippen LogP contribution < -0.4 is 0 Å². The average molecular weight is 120 g/mol. The van der Waals surface area contributed by atoms with Gasteiger partial charge in [0.1, 0.15) is 6.29 Å². The third kappa shape index (κ3) is 6.14. The van der Waals surface area contributed by atoms with Gasteiger partial charge in [0.25, 0.3) is 0 Å². The van der Waals surface area contributed by atoms with E-state index in [9.17, 15) is 0 Å². The molecule has 0 aromatic rings. The number of rotatable bonds is 2. The molecule has 0 saturated heterocycles. The Morgan fingerprint density at radius 1 is 1.43 bits per heavy atom. The second-order valence-corrected chi connectivity index (χ2v) is 5.37. The highest BCUT2D eigenvalue weighted by atomic mass is 28.3. The Kier molecular flexibility index (Phi) is 3.24. The molecule has 0 spiro atoms. The maximum atomic E-state index is 8.31. The third-order valence-electron chi connectivity index (χ3n) is 0.682. The fourth-order valence-electron chi connectivity index (χ4n) is 0.422. The molecule has 0 rings (SSSR count). The lowest BCUT2D eigenvalue weighted by atomic mass is 10.8. The first-order valence-electron chi connectivity index (χ1n) is 2.49. The van der Waals surface area contributed by atoms with Crippen LogP contribution >= 0.6 is 0 Å². The Bertz CT molecular complexity index is 39.0. The van der Waals surface area contributed by atoms with Crippen molar-refractivity contribution in [2.24, 2.45) is 0 Å². The van der Waals surface area contributed by atoms with Crippen molar-refractivity contribution in [3.63, 3.8) is 0 Å². The Morgan fingerprint density at radius 3 is 1.86 bits per heavy atom. The molecule has 7 heavy (non-hydrogen) atoms. The van der Waals surface area contributed by atoms with Crippen molar-refractivity contribution in [1.82, 2.24) is 0 Å². The van der Waals surface area contributed by atoms with Gasteiger partial charge >= 0.3 is 0 Å². The summed E-state index contributed by atoms with van der Waals surface area (Å²) in [6, 6.07) is 0.611. The largest absolute Gasteiger partial charge is 0.368 e. The van der Waals surface area contributed by atoms with Crippen LogP contribution in [0.5, 0.6) is 0 Å². The summed E-state index contributed by atoms with van der Waals surface area (Å²) < 4.78 is 0. The fraction of sp³-hybridized carbons (Fsp3) is 1.00. The van der Waals surface area contributed by atoms with E-state index in [1.54, 1.807) is 0 Å². The number of aliphatic hydroxyl groups excluding tert-OH is 1. The van der Waals surface area contributed by atoms with E-state index in [1.165, 1.54) is 0 Å². The van der Waals surface area contributed by atoms with Gasteiger partial charge in [-0.3, -0.25) is 0 Å². The van der Waals surface area contributed by atoms with E-state index in [-0.39, 0.29) is 0 Å². The highest BCUT2D eigenvalue weighted by Crippen LogP contribution is 1.92. The summed E-state index contributed by atoms with van der Waals surface area (Å²) >= 11 is 0. The van der Waals surface area contributed by atoms with Crippen molar-refractivity contribution in [1.29, 1.82) is 0 Å². The third-order valence-corrected chi connectivity index (χ3v) is 2.05. The molecule has 0 fully saturated rings. The van der Waals surface area contributed by atoms with Gasteiger partial charge in [0.15, 0.2) is 0 Å². The lowest BCUT2D eigenvalue weighted by Crippen LogP contribution is -2.12. The van der Waals surface area contributed by atoms with Gasteiger partial charge in [-0.15, -0.1) is 0 Å². The van der Waals surface area contributed by atoms with E-state index in [0.717, 1.165) is 0 Å². The van der Waals surface area contributed by atoms with Gasteiger partial charge in [0.05, 0.1) is 0 Å². The van der Waals surface area contributed by atoms with Gasteiger partial charge in [-0.05, 0) is 6.04 Å². The molecule has 0 atom stereocenters. The van der Waals surface area contributed by atoms with E-state index in [2.05, 4.69) is 13.1 Å². The van der Waals surface area contributed by atoms with Gasteiger partial charge in [-0.25, -0.2) is 0 Å². The summed E-state index contributed by atoms with van der Waals surface area (Å²) in [5.74, 6) is 0. The molecular formula is C4H12O2Si. The lowest BCUT2D eigenvalue weighted by Gasteiger charge is -2.02. The monoisotopic (exact) mass is 120 g/mol. The highest BCUT2D eigenvalue weighted by Gasteiger charge is 2.00. The number of hydrogen-bond donors (Lipinski definition) is 2. The molecule has 0 bridgehead atoms. The number of hydrogen-bond acceptors (Lipinski definition) is 2. The number of aliphatic hydroxyl groups is 2. The van der Waals surface area contributed by atoms with E-state index in [4.69, 9.17) is 10.2 Å². The molecule has 0 heterocycles. The Balaban J connectivity index is 2.95. The zero-order valence-electron chi connectivity index (χ0n) is 4.76. The Labute approximate surface area is 45.4 Å². The second-order valence-electron chi connectivity index (χ2n) is 2.11. The van der Waals surface area contributed by atoms with Crippen molar-refractivity contribution in [2.45, 2.75) is 25.4 Å². The predicted octanol–water partition coefficient (Wildman–Crippen LogP) is -0.216. The zero-order valence-corrected chi connectivity index (χ0v) is 5.91. The van der Waals surface area contributed by atoms with Crippen LogP contribution in [0.3, 0.4) is 0 Å². The summed E-state index contributed by atoms with van der Waals surface area (Å²) in [6.07, 6.45) is -1.06. The zero-order chi connectivity index (χ0) is 5.86. The normalized spacial score (nSPS) is 11.1. The van der Waals surface area contributed by atoms with Crippen molar-refractivity contribution in [3.05, 3.63) is 0 Å². The molecule has 0 amide bonds. The van der Waals surface area contributed by atoms with Crippen LogP contribution in [0.25, 0.3) is 0 Å². The molecule has 0 unspecified atom stereocenters. The van der Waals surface area contributed by atoms with Crippen molar-refractivity contribution in [3.8, 4) is 0 Å². The van der Waals surface area contributed by atoms with E-state index in [0.29, 0.717) is 6.04 Å². The molecule has 3 heteroatoms. The molecule has 0 aliphatic rings. The van der Waals surface area contributed by atoms with Crippen LogP contribution in [-0.4, -0.2) is 25.3 Å². The summed E-state index contributed by atoms with van der Waals surface area (Å²) in [5, 5.41) is 16.6. The van der Waals surface area contributed by atoms with Crippen molar-refractivity contribution >= 4 is 8.80 Å². The molecule has 2 N–H and O–H groups in total. The molecule has 44 valence electrons. The van der Waals surface area contributed by atoms with Crippen LogP contribution in [0, 0.1) is 0 Å². The molecule has 0 aromatic heterocycles. The Morgan fingerprint density at radius 2 is 1.86 bits per heavy atom. The van der Waals surface area contributed by atoms with Gasteiger partial charge in [-0.1, -0.05) is 13.1 Å². The SMILES string of the molecule is C[SiH](C)CC(O)O. The van der Waals surface area contributed by atoms with Crippen LogP contribution in [0.2, 0.25) is 19.1 Å². The van der Waals surface area contributed by atoms with Crippen LogP contribution in [0.15, 0.2) is 0 Å². The summed E-state index contributed by atoms with van der Waals surface area (Å²) in [6.45, 7) is 4.17. The predicted molar refractivity (Wildman–Crippen MR) is 31.9 cm³/mol.